The van der Waals surface area contributed by atoms with Crippen LogP contribution < -0.4 is 15.5 Å². The zero-order chi connectivity index (χ0) is 17.5. The minimum atomic E-state index is -0.0146. The molecule has 0 aromatic heterocycles. The molecule has 2 N–H and O–H groups in total. The molecule has 1 amide bonds. The zero-order valence-electron chi connectivity index (χ0n) is 14.6. The Morgan fingerprint density at radius 2 is 2.25 bits per heavy atom. The van der Waals surface area contributed by atoms with Crippen molar-refractivity contribution in [1.29, 1.82) is 0 Å². The average Bonchev–Trinajstić information content (AvgIpc) is 3.01. The van der Waals surface area contributed by atoms with Gasteiger partial charge < -0.3 is 20.4 Å². The Morgan fingerprint density at radius 3 is 2.92 bits per heavy atom. The number of nitrogens with one attached hydrogen (secondary N) is 2. The molecule has 0 aliphatic carbocycles. The number of anilines is 1. The van der Waals surface area contributed by atoms with E-state index in [0.717, 1.165) is 36.8 Å². The molecule has 0 spiro atoms. The first-order valence-electron chi connectivity index (χ1n) is 8.25. The first-order chi connectivity index (χ1) is 11.5. The summed E-state index contributed by atoms with van der Waals surface area (Å²) in [5.74, 6) is 0.671. The molecule has 1 fully saturated rings. The third kappa shape index (κ3) is 5.30. The van der Waals surface area contributed by atoms with E-state index < -0.39 is 0 Å². The second-order valence-corrected chi connectivity index (χ2v) is 6.48. The average molecular weight is 352 g/mol. The van der Waals surface area contributed by atoms with E-state index in [1.165, 1.54) is 0 Å². The summed E-state index contributed by atoms with van der Waals surface area (Å²) in [6.07, 6.45) is 1.01. The number of aliphatic imine (C=N–C) groups is 1. The standard InChI is InChI=1S/C17H26ClN5O/c1-4-19-17(20-11-16(24)22(2)3)21-14-8-9-23(12-14)15-7-5-6-13(18)10-15/h5-7,10,14H,4,8-9,11-12H2,1-3H3,(H2,19,20,21). The van der Waals surface area contributed by atoms with Crippen molar-refractivity contribution in [3.8, 4) is 0 Å². The lowest BCUT2D eigenvalue weighted by molar-refractivity contribution is -0.127. The third-order valence-electron chi connectivity index (χ3n) is 3.92. The number of amides is 1. The molecular weight excluding hydrogens is 326 g/mol. The molecule has 1 aromatic rings. The van der Waals surface area contributed by atoms with E-state index in [2.05, 4.69) is 26.6 Å². The number of nitrogens with zero attached hydrogens (tertiary/aromatic N) is 3. The normalized spacial score (nSPS) is 17.8. The van der Waals surface area contributed by atoms with Crippen molar-refractivity contribution in [3.63, 3.8) is 0 Å². The van der Waals surface area contributed by atoms with Crippen molar-refractivity contribution in [2.45, 2.75) is 19.4 Å². The van der Waals surface area contributed by atoms with Crippen LogP contribution in [0.5, 0.6) is 0 Å². The van der Waals surface area contributed by atoms with Gasteiger partial charge in [0.2, 0.25) is 5.91 Å². The second kappa shape index (κ2) is 8.78. The summed E-state index contributed by atoms with van der Waals surface area (Å²) in [7, 11) is 3.47. The summed E-state index contributed by atoms with van der Waals surface area (Å²) < 4.78 is 0. The minimum absolute atomic E-state index is 0.0146. The predicted octanol–water partition coefficient (Wildman–Crippen LogP) is 1.56. The summed E-state index contributed by atoms with van der Waals surface area (Å²) >= 11 is 6.07. The van der Waals surface area contributed by atoms with Gasteiger partial charge in [-0.3, -0.25) is 4.79 Å². The molecule has 0 radical (unpaired) electrons. The second-order valence-electron chi connectivity index (χ2n) is 6.04. The van der Waals surface area contributed by atoms with Crippen LogP contribution in [-0.2, 0) is 4.79 Å². The summed E-state index contributed by atoms with van der Waals surface area (Å²) in [6, 6.07) is 8.20. The lowest BCUT2D eigenvalue weighted by Gasteiger charge is -2.20. The number of hydrogen-bond donors (Lipinski definition) is 2. The fourth-order valence-corrected chi connectivity index (χ4v) is 2.77. The number of rotatable bonds is 5. The number of benzene rings is 1. The Hall–Kier alpha value is -1.95. The lowest BCUT2D eigenvalue weighted by atomic mass is 10.3. The molecule has 6 nitrogen and oxygen atoms in total. The van der Waals surface area contributed by atoms with Crippen molar-refractivity contribution < 1.29 is 4.79 Å². The molecule has 1 atom stereocenters. The van der Waals surface area contributed by atoms with Gasteiger partial charge >= 0.3 is 0 Å². The van der Waals surface area contributed by atoms with Crippen LogP contribution in [0.15, 0.2) is 29.3 Å². The van der Waals surface area contributed by atoms with E-state index in [4.69, 9.17) is 11.6 Å². The molecule has 1 unspecified atom stereocenters. The number of hydrogen-bond acceptors (Lipinski definition) is 3. The van der Waals surface area contributed by atoms with Crippen LogP contribution in [0.3, 0.4) is 0 Å². The van der Waals surface area contributed by atoms with E-state index in [1.54, 1.807) is 19.0 Å². The van der Waals surface area contributed by atoms with Crippen LogP contribution in [0.2, 0.25) is 5.02 Å². The molecule has 1 aliphatic rings. The maximum atomic E-state index is 11.7. The molecular formula is C17H26ClN5O. The monoisotopic (exact) mass is 351 g/mol. The fraction of sp³-hybridized carbons (Fsp3) is 0.529. The summed E-state index contributed by atoms with van der Waals surface area (Å²) in [6.45, 7) is 4.76. The SMILES string of the molecule is CCNC(=NCC(=O)N(C)C)NC1CCN(c2cccc(Cl)c2)C1. The topological polar surface area (TPSA) is 60.0 Å². The van der Waals surface area contributed by atoms with Crippen molar-refractivity contribution in [2.75, 3.05) is 45.2 Å². The van der Waals surface area contributed by atoms with E-state index >= 15 is 0 Å². The van der Waals surface area contributed by atoms with Gasteiger partial charge in [0.25, 0.3) is 0 Å². The van der Waals surface area contributed by atoms with Crippen molar-refractivity contribution >= 4 is 29.2 Å². The highest BCUT2D eigenvalue weighted by molar-refractivity contribution is 6.30. The first kappa shape index (κ1) is 18.4. The highest BCUT2D eigenvalue weighted by Gasteiger charge is 2.23. The van der Waals surface area contributed by atoms with E-state index in [0.29, 0.717) is 5.96 Å². The predicted molar refractivity (Wildman–Crippen MR) is 99.9 cm³/mol. The molecule has 0 bridgehead atoms. The molecule has 2 rings (SSSR count). The largest absolute Gasteiger partial charge is 0.369 e. The lowest BCUT2D eigenvalue weighted by Crippen LogP contribution is -2.45. The maximum Gasteiger partial charge on any atom is 0.243 e. The van der Waals surface area contributed by atoms with Crippen molar-refractivity contribution in [2.24, 2.45) is 4.99 Å². The van der Waals surface area contributed by atoms with Crippen LogP contribution >= 0.6 is 11.6 Å². The molecule has 24 heavy (non-hydrogen) atoms. The molecule has 132 valence electrons. The summed E-state index contributed by atoms with van der Waals surface area (Å²) in [4.78, 5) is 19.9. The van der Waals surface area contributed by atoms with Gasteiger partial charge in [0, 0.05) is 50.5 Å². The van der Waals surface area contributed by atoms with Gasteiger partial charge in [-0.25, -0.2) is 4.99 Å². The van der Waals surface area contributed by atoms with Gasteiger partial charge in [-0.05, 0) is 31.5 Å². The number of guanidine groups is 1. The smallest absolute Gasteiger partial charge is 0.243 e. The van der Waals surface area contributed by atoms with Crippen molar-refractivity contribution in [3.05, 3.63) is 29.3 Å². The quantitative estimate of drug-likeness (QED) is 0.624. The number of carbonyl (C=O) groups excluding carboxylic acids is 1. The fourth-order valence-electron chi connectivity index (χ4n) is 2.59. The Labute approximate surface area is 148 Å². The van der Waals surface area contributed by atoms with Crippen molar-refractivity contribution in [1.82, 2.24) is 15.5 Å². The van der Waals surface area contributed by atoms with Crippen LogP contribution in [0, 0.1) is 0 Å². The number of carbonyl (C=O) groups is 1. The van der Waals surface area contributed by atoms with E-state index in [9.17, 15) is 4.79 Å². The van der Waals surface area contributed by atoms with Gasteiger partial charge in [0.05, 0.1) is 0 Å². The Bertz CT molecular complexity index is 590. The van der Waals surface area contributed by atoms with E-state index in [1.807, 2.05) is 25.1 Å². The molecule has 7 heteroatoms. The molecule has 1 aliphatic heterocycles. The molecule has 0 saturated carbocycles. The van der Waals surface area contributed by atoms with Gasteiger partial charge in [0.15, 0.2) is 5.96 Å². The van der Waals surface area contributed by atoms with E-state index in [-0.39, 0.29) is 18.5 Å². The van der Waals surface area contributed by atoms with Gasteiger partial charge in [-0.2, -0.15) is 0 Å². The summed E-state index contributed by atoms with van der Waals surface area (Å²) in [5, 5.41) is 7.37. The van der Waals surface area contributed by atoms with Gasteiger partial charge in [-0.15, -0.1) is 0 Å². The molecule has 1 heterocycles. The maximum absolute atomic E-state index is 11.7. The van der Waals surface area contributed by atoms with Gasteiger partial charge in [-0.1, -0.05) is 17.7 Å². The van der Waals surface area contributed by atoms with Crippen LogP contribution in [0.4, 0.5) is 5.69 Å². The zero-order valence-corrected chi connectivity index (χ0v) is 15.3. The number of likely N-dealkylation sites (N-methyl/N-ethyl adjacent to an activating group) is 1. The number of halogens is 1. The van der Waals surface area contributed by atoms with Gasteiger partial charge in [0.1, 0.15) is 6.54 Å². The highest BCUT2D eigenvalue weighted by atomic mass is 35.5. The molecule has 1 aromatic carbocycles. The van der Waals surface area contributed by atoms with Crippen LogP contribution in [-0.4, -0.2) is 63.1 Å². The molecule has 1 saturated heterocycles. The Balaban J connectivity index is 1.93. The highest BCUT2D eigenvalue weighted by Crippen LogP contribution is 2.23. The third-order valence-corrected chi connectivity index (χ3v) is 4.15. The first-order valence-corrected chi connectivity index (χ1v) is 8.63. The summed E-state index contributed by atoms with van der Waals surface area (Å²) in [5.41, 5.74) is 1.14. The minimum Gasteiger partial charge on any atom is -0.369 e. The van der Waals surface area contributed by atoms with Crippen LogP contribution in [0.1, 0.15) is 13.3 Å². The van der Waals surface area contributed by atoms with Crippen LogP contribution in [0.25, 0.3) is 0 Å². The Morgan fingerprint density at radius 1 is 1.46 bits per heavy atom. The Kier molecular flexibility index (Phi) is 6.73.